The molecule has 0 aromatic rings. The van der Waals surface area contributed by atoms with Gasteiger partial charge in [-0.3, -0.25) is 4.90 Å². The summed E-state index contributed by atoms with van der Waals surface area (Å²) in [7, 11) is 0. The van der Waals surface area contributed by atoms with E-state index in [1.54, 1.807) is 0 Å². The molecule has 0 aromatic heterocycles. The molecule has 0 bridgehead atoms. The molecule has 1 N–H and O–H groups in total. The summed E-state index contributed by atoms with van der Waals surface area (Å²) in [4.78, 5) is 2.74. The molecule has 2 saturated heterocycles. The maximum Gasteiger partial charge on any atom is 0.0235 e. The van der Waals surface area contributed by atoms with Crippen LogP contribution in [0.4, 0.5) is 0 Å². The van der Waals surface area contributed by atoms with Crippen LogP contribution in [0.5, 0.6) is 0 Å². The Morgan fingerprint density at radius 2 is 2.33 bits per heavy atom. The summed E-state index contributed by atoms with van der Waals surface area (Å²) in [5, 5.41) is 3.45. The van der Waals surface area contributed by atoms with Gasteiger partial charge in [-0.1, -0.05) is 6.92 Å². The molecule has 0 aliphatic carbocycles. The van der Waals surface area contributed by atoms with Crippen LogP contribution in [-0.4, -0.2) is 36.6 Å². The summed E-state index contributed by atoms with van der Waals surface area (Å²) in [6.45, 7) is 6.14. The third kappa shape index (κ3) is 1.50. The topological polar surface area (TPSA) is 15.3 Å². The number of hydrogen-bond donors (Lipinski definition) is 1. The van der Waals surface area contributed by atoms with Gasteiger partial charge in [-0.15, -0.1) is 0 Å². The average molecular weight is 168 g/mol. The molecule has 0 aromatic carbocycles. The van der Waals surface area contributed by atoms with E-state index in [4.69, 9.17) is 0 Å². The maximum absolute atomic E-state index is 3.45. The summed E-state index contributed by atoms with van der Waals surface area (Å²) in [6, 6.07) is 1.76. The molecular weight excluding hydrogens is 148 g/mol. The fourth-order valence-corrected chi connectivity index (χ4v) is 2.70. The number of likely N-dealkylation sites (tertiary alicyclic amines) is 1. The van der Waals surface area contributed by atoms with Gasteiger partial charge in [0.2, 0.25) is 0 Å². The Balaban J connectivity index is 1.92. The normalized spacial score (nSPS) is 37.8. The van der Waals surface area contributed by atoms with E-state index in [0.29, 0.717) is 0 Å². The molecule has 2 heterocycles. The third-order valence-corrected chi connectivity index (χ3v) is 3.40. The first kappa shape index (κ1) is 8.52. The van der Waals surface area contributed by atoms with Crippen LogP contribution in [0.15, 0.2) is 0 Å². The van der Waals surface area contributed by atoms with Crippen LogP contribution in [0.2, 0.25) is 0 Å². The number of nitrogens with one attached hydrogen (secondary N) is 1. The Bertz CT molecular complexity index is 141. The quantitative estimate of drug-likeness (QED) is 0.667. The lowest BCUT2D eigenvalue weighted by atomic mass is 10.1. The lowest BCUT2D eigenvalue weighted by Crippen LogP contribution is -2.39. The molecule has 0 spiro atoms. The van der Waals surface area contributed by atoms with E-state index in [0.717, 1.165) is 12.1 Å². The van der Waals surface area contributed by atoms with Crippen molar-refractivity contribution >= 4 is 0 Å². The minimum atomic E-state index is 0.859. The van der Waals surface area contributed by atoms with Gasteiger partial charge < -0.3 is 5.32 Å². The SMILES string of the molecule is CC[C@@H]1CCCN1[C@@H]1CCNC1. The molecule has 0 amide bonds. The molecule has 2 heteroatoms. The zero-order valence-corrected chi connectivity index (χ0v) is 8.05. The Morgan fingerprint density at radius 1 is 1.42 bits per heavy atom. The molecule has 2 fully saturated rings. The second kappa shape index (κ2) is 3.75. The highest BCUT2D eigenvalue weighted by Gasteiger charge is 2.30. The molecule has 2 aliphatic heterocycles. The zero-order chi connectivity index (χ0) is 8.39. The number of rotatable bonds is 2. The molecule has 2 nitrogen and oxygen atoms in total. The lowest BCUT2D eigenvalue weighted by Gasteiger charge is -2.29. The van der Waals surface area contributed by atoms with Crippen molar-refractivity contribution in [1.82, 2.24) is 10.2 Å². The van der Waals surface area contributed by atoms with Gasteiger partial charge in [0.15, 0.2) is 0 Å². The summed E-state index contributed by atoms with van der Waals surface area (Å²) in [5.74, 6) is 0. The molecule has 0 unspecified atom stereocenters. The molecule has 2 atom stereocenters. The standard InChI is InChI=1S/C10H20N2/c1-2-9-4-3-7-12(9)10-5-6-11-8-10/h9-11H,2-8H2,1H3/t9-,10-/m1/s1. The highest BCUT2D eigenvalue weighted by molar-refractivity contribution is 4.88. The average Bonchev–Trinajstić information content (AvgIpc) is 2.74. The van der Waals surface area contributed by atoms with Crippen molar-refractivity contribution in [2.45, 2.75) is 44.7 Å². The Morgan fingerprint density at radius 3 is 3.00 bits per heavy atom. The van der Waals surface area contributed by atoms with E-state index >= 15 is 0 Å². The Kier molecular flexibility index (Phi) is 2.66. The van der Waals surface area contributed by atoms with Crippen LogP contribution in [0.25, 0.3) is 0 Å². The number of nitrogens with zero attached hydrogens (tertiary/aromatic N) is 1. The van der Waals surface area contributed by atoms with Gasteiger partial charge in [-0.05, 0) is 38.8 Å². The monoisotopic (exact) mass is 168 g/mol. The Labute approximate surface area is 75.3 Å². The lowest BCUT2D eigenvalue weighted by molar-refractivity contribution is 0.187. The molecule has 2 aliphatic rings. The summed E-state index contributed by atoms with van der Waals surface area (Å²) >= 11 is 0. The van der Waals surface area contributed by atoms with Crippen molar-refractivity contribution in [3.8, 4) is 0 Å². The first-order valence-electron chi connectivity index (χ1n) is 5.38. The molecule has 2 rings (SSSR count). The first-order valence-corrected chi connectivity index (χ1v) is 5.38. The Hall–Kier alpha value is -0.0800. The van der Waals surface area contributed by atoms with Gasteiger partial charge in [-0.2, -0.15) is 0 Å². The highest BCUT2D eigenvalue weighted by atomic mass is 15.2. The molecular formula is C10H20N2. The second-order valence-corrected chi connectivity index (χ2v) is 4.09. The maximum atomic E-state index is 3.45. The third-order valence-electron chi connectivity index (χ3n) is 3.40. The van der Waals surface area contributed by atoms with Gasteiger partial charge in [0.1, 0.15) is 0 Å². The fourth-order valence-electron chi connectivity index (χ4n) is 2.70. The number of hydrogen-bond acceptors (Lipinski definition) is 2. The summed E-state index contributed by atoms with van der Waals surface area (Å²) < 4.78 is 0. The minimum absolute atomic E-state index is 0.859. The van der Waals surface area contributed by atoms with Crippen LogP contribution in [0.1, 0.15) is 32.6 Å². The summed E-state index contributed by atoms with van der Waals surface area (Å²) in [5.41, 5.74) is 0. The van der Waals surface area contributed by atoms with E-state index < -0.39 is 0 Å². The van der Waals surface area contributed by atoms with Crippen LogP contribution in [-0.2, 0) is 0 Å². The predicted octanol–water partition coefficient (Wildman–Crippen LogP) is 1.22. The molecule has 0 radical (unpaired) electrons. The molecule has 70 valence electrons. The van der Waals surface area contributed by atoms with Crippen molar-refractivity contribution in [2.24, 2.45) is 0 Å². The predicted molar refractivity (Wildman–Crippen MR) is 51.3 cm³/mol. The highest BCUT2D eigenvalue weighted by Crippen LogP contribution is 2.24. The van der Waals surface area contributed by atoms with E-state index in [2.05, 4.69) is 17.1 Å². The smallest absolute Gasteiger partial charge is 0.0235 e. The summed E-state index contributed by atoms with van der Waals surface area (Å²) in [6.07, 6.45) is 5.58. The molecule has 12 heavy (non-hydrogen) atoms. The fraction of sp³-hybridized carbons (Fsp3) is 1.00. The van der Waals surface area contributed by atoms with Crippen molar-refractivity contribution in [3.05, 3.63) is 0 Å². The van der Waals surface area contributed by atoms with E-state index in [1.165, 1.54) is 45.3 Å². The first-order chi connectivity index (χ1) is 5.92. The van der Waals surface area contributed by atoms with E-state index in [1.807, 2.05) is 0 Å². The second-order valence-electron chi connectivity index (χ2n) is 4.09. The van der Waals surface area contributed by atoms with E-state index in [-0.39, 0.29) is 0 Å². The van der Waals surface area contributed by atoms with Gasteiger partial charge in [-0.25, -0.2) is 0 Å². The van der Waals surface area contributed by atoms with Crippen molar-refractivity contribution in [2.75, 3.05) is 19.6 Å². The van der Waals surface area contributed by atoms with Crippen molar-refractivity contribution < 1.29 is 0 Å². The van der Waals surface area contributed by atoms with Gasteiger partial charge in [0.25, 0.3) is 0 Å². The molecule has 0 saturated carbocycles. The van der Waals surface area contributed by atoms with Gasteiger partial charge in [0, 0.05) is 18.6 Å². The van der Waals surface area contributed by atoms with Crippen LogP contribution in [0, 0.1) is 0 Å². The van der Waals surface area contributed by atoms with Crippen LogP contribution < -0.4 is 5.32 Å². The van der Waals surface area contributed by atoms with E-state index in [9.17, 15) is 0 Å². The zero-order valence-electron chi connectivity index (χ0n) is 8.05. The largest absolute Gasteiger partial charge is 0.315 e. The minimum Gasteiger partial charge on any atom is -0.315 e. The van der Waals surface area contributed by atoms with Gasteiger partial charge in [0.05, 0.1) is 0 Å². The van der Waals surface area contributed by atoms with Crippen molar-refractivity contribution in [1.29, 1.82) is 0 Å². The van der Waals surface area contributed by atoms with Crippen LogP contribution in [0.3, 0.4) is 0 Å². The van der Waals surface area contributed by atoms with Gasteiger partial charge >= 0.3 is 0 Å². The van der Waals surface area contributed by atoms with Crippen molar-refractivity contribution in [3.63, 3.8) is 0 Å². The van der Waals surface area contributed by atoms with Crippen LogP contribution >= 0.6 is 0 Å².